The Morgan fingerprint density at radius 1 is 1.17 bits per heavy atom. The maximum atomic E-state index is 13.1. The summed E-state index contributed by atoms with van der Waals surface area (Å²) < 4.78 is 7.21. The Bertz CT molecular complexity index is 1070. The second kappa shape index (κ2) is 8.41. The molecule has 30 heavy (non-hydrogen) atoms. The van der Waals surface area contributed by atoms with Crippen molar-refractivity contribution in [3.8, 4) is 5.75 Å². The maximum Gasteiger partial charge on any atom is 0.252 e. The van der Waals surface area contributed by atoms with Crippen LogP contribution >= 0.6 is 0 Å². The summed E-state index contributed by atoms with van der Waals surface area (Å²) in [5, 5.41) is 5.95. The van der Waals surface area contributed by atoms with E-state index in [9.17, 15) is 9.59 Å². The first kappa shape index (κ1) is 19.7. The summed E-state index contributed by atoms with van der Waals surface area (Å²) in [7, 11) is 3.49. The number of anilines is 1. The molecule has 1 heterocycles. The number of aryl methyl sites for hydroxylation is 1. The van der Waals surface area contributed by atoms with E-state index in [1.54, 1.807) is 37.6 Å². The Balaban J connectivity index is 1.59. The van der Waals surface area contributed by atoms with Gasteiger partial charge in [0.15, 0.2) is 0 Å². The molecule has 7 heteroatoms. The van der Waals surface area contributed by atoms with Gasteiger partial charge in [-0.2, -0.15) is 0 Å². The highest BCUT2D eigenvalue weighted by Crippen LogP contribution is 2.30. The average molecular weight is 404 g/mol. The molecule has 2 amide bonds. The summed E-state index contributed by atoms with van der Waals surface area (Å²) in [6.45, 7) is 0. The van der Waals surface area contributed by atoms with Crippen LogP contribution in [0, 0.1) is 5.92 Å². The van der Waals surface area contributed by atoms with Crippen molar-refractivity contribution in [1.29, 1.82) is 0 Å². The Kier molecular flexibility index (Phi) is 5.52. The van der Waals surface area contributed by atoms with Crippen molar-refractivity contribution < 1.29 is 14.3 Å². The number of aromatic nitrogens is 2. The Morgan fingerprint density at radius 2 is 1.97 bits per heavy atom. The van der Waals surface area contributed by atoms with Crippen molar-refractivity contribution >= 4 is 17.5 Å². The summed E-state index contributed by atoms with van der Waals surface area (Å²) in [4.78, 5) is 29.5. The highest BCUT2D eigenvalue weighted by molar-refractivity contribution is 5.98. The topological polar surface area (TPSA) is 85.2 Å². The molecule has 0 bridgehead atoms. The Labute approximate surface area is 175 Å². The normalized spacial score (nSPS) is 14.1. The molecule has 2 aromatic carbocycles. The molecule has 1 atom stereocenters. The van der Waals surface area contributed by atoms with E-state index in [-0.39, 0.29) is 17.7 Å². The lowest BCUT2D eigenvalue weighted by atomic mass is 10.0. The molecule has 7 nitrogen and oxygen atoms in total. The van der Waals surface area contributed by atoms with Crippen LogP contribution in [0.2, 0.25) is 0 Å². The van der Waals surface area contributed by atoms with Crippen LogP contribution in [0.4, 0.5) is 5.69 Å². The molecule has 0 radical (unpaired) electrons. The monoisotopic (exact) mass is 404 g/mol. The number of hydrogen-bond acceptors (Lipinski definition) is 4. The number of hydrogen-bond donors (Lipinski definition) is 2. The van der Waals surface area contributed by atoms with Gasteiger partial charge in [0.25, 0.3) is 5.91 Å². The van der Waals surface area contributed by atoms with Gasteiger partial charge in [-0.15, -0.1) is 0 Å². The predicted molar refractivity (Wildman–Crippen MR) is 113 cm³/mol. The van der Waals surface area contributed by atoms with Gasteiger partial charge in [-0.1, -0.05) is 18.2 Å². The summed E-state index contributed by atoms with van der Waals surface area (Å²) in [5.74, 6) is 1.26. The van der Waals surface area contributed by atoms with Gasteiger partial charge < -0.3 is 19.9 Å². The van der Waals surface area contributed by atoms with Gasteiger partial charge in [0, 0.05) is 36.6 Å². The van der Waals surface area contributed by atoms with Crippen LogP contribution in [0.15, 0.2) is 60.9 Å². The van der Waals surface area contributed by atoms with Crippen molar-refractivity contribution in [2.75, 3.05) is 12.4 Å². The van der Waals surface area contributed by atoms with E-state index in [1.807, 2.05) is 42.1 Å². The van der Waals surface area contributed by atoms with Crippen molar-refractivity contribution in [3.05, 3.63) is 77.9 Å². The molecular formula is C23H24N4O3. The van der Waals surface area contributed by atoms with Crippen LogP contribution in [0.25, 0.3) is 0 Å². The lowest BCUT2D eigenvalue weighted by molar-refractivity contribution is -0.117. The predicted octanol–water partition coefficient (Wildman–Crippen LogP) is 3.30. The lowest BCUT2D eigenvalue weighted by Crippen LogP contribution is -2.31. The number of carbonyl (C=O) groups is 2. The quantitative estimate of drug-likeness (QED) is 0.633. The van der Waals surface area contributed by atoms with Crippen molar-refractivity contribution in [2.24, 2.45) is 13.0 Å². The summed E-state index contributed by atoms with van der Waals surface area (Å²) in [5.41, 5.74) is 1.94. The highest BCUT2D eigenvalue weighted by Gasteiger charge is 2.29. The van der Waals surface area contributed by atoms with E-state index < -0.39 is 6.04 Å². The number of nitrogens with zero attached hydrogens (tertiary/aromatic N) is 2. The highest BCUT2D eigenvalue weighted by atomic mass is 16.5. The zero-order valence-electron chi connectivity index (χ0n) is 17.0. The third-order valence-corrected chi connectivity index (χ3v) is 5.16. The number of carbonyl (C=O) groups excluding carboxylic acids is 2. The Morgan fingerprint density at radius 3 is 2.67 bits per heavy atom. The smallest absolute Gasteiger partial charge is 0.252 e. The summed E-state index contributed by atoms with van der Waals surface area (Å²) in [6.07, 6.45) is 5.39. The van der Waals surface area contributed by atoms with Crippen LogP contribution in [0.1, 0.15) is 40.6 Å². The minimum atomic E-state index is -0.461. The molecule has 0 spiro atoms. The number of rotatable bonds is 7. The van der Waals surface area contributed by atoms with E-state index in [1.165, 1.54) is 0 Å². The van der Waals surface area contributed by atoms with E-state index in [4.69, 9.17) is 4.74 Å². The molecule has 0 aliphatic heterocycles. The molecule has 0 saturated heterocycles. The summed E-state index contributed by atoms with van der Waals surface area (Å²) in [6, 6.07) is 14.0. The molecule has 3 aromatic rings. The maximum absolute atomic E-state index is 13.1. The molecule has 1 aliphatic carbocycles. The minimum absolute atomic E-state index is 0.00910. The molecule has 1 aliphatic rings. The van der Waals surface area contributed by atoms with Gasteiger partial charge in [-0.25, -0.2) is 4.98 Å². The second-order valence-electron chi connectivity index (χ2n) is 7.42. The van der Waals surface area contributed by atoms with Crippen molar-refractivity contribution in [2.45, 2.75) is 18.9 Å². The van der Waals surface area contributed by atoms with E-state index in [0.29, 0.717) is 22.8 Å². The number of amides is 2. The fourth-order valence-corrected chi connectivity index (χ4v) is 3.32. The molecule has 2 N–H and O–H groups in total. The largest absolute Gasteiger partial charge is 0.497 e. The first-order valence-electron chi connectivity index (χ1n) is 9.88. The van der Waals surface area contributed by atoms with Gasteiger partial charge in [-0.05, 0) is 48.7 Å². The molecule has 154 valence electrons. The number of imidazole rings is 1. The molecule has 4 rings (SSSR count). The number of benzene rings is 2. The van der Waals surface area contributed by atoms with Crippen molar-refractivity contribution in [1.82, 2.24) is 14.9 Å². The van der Waals surface area contributed by atoms with Gasteiger partial charge in [0.05, 0.1) is 7.11 Å². The van der Waals surface area contributed by atoms with Crippen LogP contribution in [0.3, 0.4) is 0 Å². The van der Waals surface area contributed by atoms with Crippen LogP contribution < -0.4 is 15.4 Å². The third-order valence-electron chi connectivity index (χ3n) is 5.16. The first-order chi connectivity index (χ1) is 14.5. The minimum Gasteiger partial charge on any atom is -0.497 e. The molecular weight excluding hydrogens is 380 g/mol. The molecule has 1 unspecified atom stereocenters. The number of methoxy groups -OCH3 is 1. The molecule has 1 aromatic heterocycles. The molecule has 1 saturated carbocycles. The van der Waals surface area contributed by atoms with E-state index in [2.05, 4.69) is 15.6 Å². The lowest BCUT2D eigenvalue weighted by Gasteiger charge is -2.20. The van der Waals surface area contributed by atoms with Gasteiger partial charge in [0.2, 0.25) is 5.91 Å². The third kappa shape index (κ3) is 4.35. The number of ether oxygens (including phenoxy) is 1. The van der Waals surface area contributed by atoms with E-state index >= 15 is 0 Å². The van der Waals surface area contributed by atoms with Crippen LogP contribution in [-0.2, 0) is 11.8 Å². The SMILES string of the molecule is COc1cccc(C(NC(=O)c2cccc(NC(=O)C3CC3)c2)c2nccn2C)c1. The fraction of sp³-hybridized carbons (Fsp3) is 0.261. The van der Waals surface area contributed by atoms with Crippen LogP contribution in [0.5, 0.6) is 5.75 Å². The fourth-order valence-electron chi connectivity index (χ4n) is 3.32. The zero-order valence-corrected chi connectivity index (χ0v) is 17.0. The summed E-state index contributed by atoms with van der Waals surface area (Å²) >= 11 is 0. The van der Waals surface area contributed by atoms with Gasteiger partial charge >= 0.3 is 0 Å². The average Bonchev–Trinajstić information content (AvgIpc) is 3.54. The van der Waals surface area contributed by atoms with Gasteiger partial charge in [0.1, 0.15) is 17.6 Å². The van der Waals surface area contributed by atoms with E-state index in [0.717, 1.165) is 18.4 Å². The van der Waals surface area contributed by atoms with Crippen molar-refractivity contribution in [3.63, 3.8) is 0 Å². The Hall–Kier alpha value is -3.61. The first-order valence-corrected chi connectivity index (χ1v) is 9.88. The second-order valence-corrected chi connectivity index (χ2v) is 7.42. The zero-order chi connectivity index (χ0) is 21.1. The van der Waals surface area contributed by atoms with Gasteiger partial charge in [-0.3, -0.25) is 9.59 Å². The molecule has 1 fully saturated rings. The van der Waals surface area contributed by atoms with Crippen LogP contribution in [-0.4, -0.2) is 28.5 Å². The standard InChI is InChI=1S/C23H24N4O3/c1-27-12-11-24-21(27)20(16-5-4-8-19(14-16)30-2)26-23(29)17-6-3-7-18(13-17)25-22(28)15-9-10-15/h3-8,11-15,20H,9-10H2,1-2H3,(H,25,28)(H,26,29). The number of nitrogens with one attached hydrogen (secondary N) is 2.